The van der Waals surface area contributed by atoms with E-state index in [1.807, 2.05) is 13.1 Å². The number of aryl methyl sites for hydroxylation is 1. The van der Waals surface area contributed by atoms with Crippen molar-refractivity contribution in [2.24, 2.45) is 0 Å². The Morgan fingerprint density at radius 1 is 1.17 bits per heavy atom. The highest BCUT2D eigenvalue weighted by atomic mass is 32.2. The van der Waals surface area contributed by atoms with Gasteiger partial charge in [-0.15, -0.1) is 0 Å². The second-order valence-electron chi connectivity index (χ2n) is 6.93. The second-order valence-corrected chi connectivity index (χ2v) is 8.86. The molecule has 8 heteroatoms. The van der Waals surface area contributed by atoms with Gasteiger partial charge in [-0.25, -0.2) is 9.97 Å². The average Bonchev–Trinajstić information content (AvgIpc) is 3.11. The van der Waals surface area contributed by atoms with Crippen LogP contribution in [-0.2, 0) is 27.0 Å². The number of aromatic nitrogens is 2. The number of fused-ring (bicyclic) bond motifs is 2. The highest BCUT2D eigenvalue weighted by Gasteiger charge is 2.47. The summed E-state index contributed by atoms with van der Waals surface area (Å²) in [7, 11) is -3.41. The third-order valence-corrected chi connectivity index (χ3v) is 7.29. The molecule has 3 aliphatic heterocycles. The minimum Gasteiger partial charge on any atom is -0.367 e. The van der Waals surface area contributed by atoms with Crippen molar-refractivity contribution < 1.29 is 13.2 Å². The molecule has 1 unspecified atom stereocenters. The zero-order chi connectivity index (χ0) is 16.8. The zero-order valence-corrected chi connectivity index (χ0v) is 14.9. The molecule has 1 spiro atoms. The van der Waals surface area contributed by atoms with E-state index < -0.39 is 15.8 Å². The Balaban J connectivity index is 1.67. The van der Waals surface area contributed by atoms with Gasteiger partial charge in [0.1, 0.15) is 11.4 Å². The van der Waals surface area contributed by atoms with Crippen LogP contribution in [0.5, 0.6) is 0 Å². The lowest BCUT2D eigenvalue weighted by Crippen LogP contribution is -2.55. The van der Waals surface area contributed by atoms with Crippen molar-refractivity contribution in [3.63, 3.8) is 0 Å². The Labute approximate surface area is 143 Å². The fourth-order valence-corrected chi connectivity index (χ4v) is 5.85. The number of ether oxygens (including phenoxy) is 1. The second kappa shape index (κ2) is 6.01. The molecule has 0 N–H and O–H groups in total. The van der Waals surface area contributed by atoms with Gasteiger partial charge in [0.25, 0.3) is 10.2 Å². The van der Waals surface area contributed by atoms with Crippen molar-refractivity contribution >= 4 is 10.2 Å². The fourth-order valence-electron chi connectivity index (χ4n) is 4.07. The Kier molecular flexibility index (Phi) is 4.11. The SMILES string of the molecule is Cc1ncc2c(n1)C1(CCCN(S(=O)(=O)N3CCCC3)C1)OCC2. The van der Waals surface area contributed by atoms with Crippen molar-refractivity contribution in [3.05, 3.63) is 23.3 Å². The van der Waals surface area contributed by atoms with Gasteiger partial charge < -0.3 is 4.74 Å². The summed E-state index contributed by atoms with van der Waals surface area (Å²) in [6.45, 7) is 4.63. The third-order valence-electron chi connectivity index (χ3n) is 5.30. The van der Waals surface area contributed by atoms with Gasteiger partial charge in [0.05, 0.1) is 12.3 Å². The molecule has 1 aromatic heterocycles. The molecular weight excluding hydrogens is 328 g/mol. The predicted octanol–water partition coefficient (Wildman–Crippen LogP) is 0.989. The number of nitrogens with zero attached hydrogens (tertiary/aromatic N) is 4. The van der Waals surface area contributed by atoms with Gasteiger partial charge in [-0.1, -0.05) is 0 Å². The van der Waals surface area contributed by atoms with Crippen LogP contribution < -0.4 is 0 Å². The summed E-state index contributed by atoms with van der Waals surface area (Å²) in [6, 6.07) is 0. The average molecular weight is 352 g/mol. The quantitative estimate of drug-likeness (QED) is 0.793. The molecule has 0 amide bonds. The summed E-state index contributed by atoms with van der Waals surface area (Å²) in [4.78, 5) is 8.93. The van der Waals surface area contributed by atoms with Gasteiger partial charge in [-0.05, 0) is 44.6 Å². The van der Waals surface area contributed by atoms with E-state index in [1.54, 1.807) is 8.61 Å². The first-order valence-corrected chi connectivity index (χ1v) is 10.1. The molecule has 2 fully saturated rings. The van der Waals surface area contributed by atoms with Crippen molar-refractivity contribution in [2.75, 3.05) is 32.8 Å². The maximum atomic E-state index is 13.0. The molecule has 3 aliphatic rings. The lowest BCUT2D eigenvalue weighted by molar-refractivity contribution is -0.0941. The highest BCUT2D eigenvalue weighted by molar-refractivity contribution is 7.86. The first-order chi connectivity index (χ1) is 11.5. The summed E-state index contributed by atoms with van der Waals surface area (Å²) in [6.07, 6.45) is 6.15. The largest absolute Gasteiger partial charge is 0.367 e. The van der Waals surface area contributed by atoms with E-state index in [2.05, 4.69) is 9.97 Å². The van der Waals surface area contributed by atoms with Gasteiger partial charge in [-0.3, -0.25) is 0 Å². The van der Waals surface area contributed by atoms with Gasteiger partial charge >= 0.3 is 0 Å². The maximum Gasteiger partial charge on any atom is 0.282 e. The molecule has 2 saturated heterocycles. The number of hydrogen-bond donors (Lipinski definition) is 0. The normalized spacial score (nSPS) is 29.0. The molecule has 1 atom stereocenters. The van der Waals surface area contributed by atoms with Crippen LogP contribution in [0.25, 0.3) is 0 Å². The lowest BCUT2D eigenvalue weighted by Gasteiger charge is -2.45. The Hall–Kier alpha value is -1.09. The van der Waals surface area contributed by atoms with Crippen molar-refractivity contribution in [2.45, 2.75) is 44.6 Å². The molecule has 0 saturated carbocycles. The standard InChI is InChI=1S/C16H24N4O3S/c1-13-17-11-14-5-10-23-16(15(14)18-13)6-4-9-20(12-16)24(21,22)19-7-2-3-8-19/h11H,2-10,12H2,1H3. The fraction of sp³-hybridized carbons (Fsp3) is 0.750. The van der Waals surface area contributed by atoms with Crippen LogP contribution in [0.4, 0.5) is 0 Å². The van der Waals surface area contributed by atoms with Crippen LogP contribution in [0.1, 0.15) is 42.8 Å². The highest BCUT2D eigenvalue weighted by Crippen LogP contribution is 2.40. The van der Waals surface area contributed by atoms with E-state index in [9.17, 15) is 8.42 Å². The van der Waals surface area contributed by atoms with Gasteiger partial charge in [-0.2, -0.15) is 17.0 Å². The van der Waals surface area contributed by atoms with Crippen LogP contribution in [-0.4, -0.2) is 59.8 Å². The summed E-state index contributed by atoms with van der Waals surface area (Å²) in [5.41, 5.74) is 1.36. The third kappa shape index (κ3) is 2.65. The molecule has 4 heterocycles. The maximum absolute atomic E-state index is 13.0. The first-order valence-electron chi connectivity index (χ1n) is 8.73. The summed E-state index contributed by atoms with van der Waals surface area (Å²) >= 11 is 0. The predicted molar refractivity (Wildman–Crippen MR) is 88.6 cm³/mol. The summed E-state index contributed by atoms with van der Waals surface area (Å²) in [5.74, 6) is 0.707. The van der Waals surface area contributed by atoms with Crippen LogP contribution >= 0.6 is 0 Å². The molecule has 0 bridgehead atoms. The van der Waals surface area contributed by atoms with Crippen molar-refractivity contribution in [3.8, 4) is 0 Å². The molecule has 132 valence electrons. The van der Waals surface area contributed by atoms with E-state index in [4.69, 9.17) is 4.74 Å². The Bertz CT molecular complexity index is 733. The van der Waals surface area contributed by atoms with Crippen LogP contribution in [0.15, 0.2) is 6.20 Å². The molecule has 4 rings (SSSR count). The van der Waals surface area contributed by atoms with E-state index in [0.29, 0.717) is 38.6 Å². The molecule has 0 radical (unpaired) electrons. The molecule has 0 aromatic carbocycles. The summed E-state index contributed by atoms with van der Waals surface area (Å²) in [5, 5.41) is 0. The number of hydrogen-bond acceptors (Lipinski definition) is 5. The molecular formula is C16H24N4O3S. The Morgan fingerprint density at radius 2 is 1.92 bits per heavy atom. The first kappa shape index (κ1) is 16.4. The lowest BCUT2D eigenvalue weighted by atomic mass is 9.85. The zero-order valence-electron chi connectivity index (χ0n) is 14.1. The van der Waals surface area contributed by atoms with Gasteiger partial charge in [0, 0.05) is 32.4 Å². The molecule has 1 aromatic rings. The van der Waals surface area contributed by atoms with E-state index in [-0.39, 0.29) is 0 Å². The number of piperidine rings is 1. The van der Waals surface area contributed by atoms with Crippen LogP contribution in [0, 0.1) is 6.92 Å². The van der Waals surface area contributed by atoms with Crippen LogP contribution in [0.3, 0.4) is 0 Å². The molecule has 0 aliphatic carbocycles. The summed E-state index contributed by atoms with van der Waals surface area (Å²) < 4.78 is 35.3. The van der Waals surface area contributed by atoms with E-state index in [1.165, 1.54) is 0 Å². The van der Waals surface area contributed by atoms with Crippen LogP contribution in [0.2, 0.25) is 0 Å². The van der Waals surface area contributed by atoms with Gasteiger partial charge in [0.15, 0.2) is 0 Å². The Morgan fingerprint density at radius 3 is 2.71 bits per heavy atom. The number of rotatable bonds is 2. The van der Waals surface area contributed by atoms with E-state index in [0.717, 1.165) is 43.4 Å². The van der Waals surface area contributed by atoms with E-state index >= 15 is 0 Å². The minimum atomic E-state index is -3.41. The molecule has 7 nitrogen and oxygen atoms in total. The monoisotopic (exact) mass is 352 g/mol. The van der Waals surface area contributed by atoms with Crippen molar-refractivity contribution in [1.82, 2.24) is 18.6 Å². The molecule has 24 heavy (non-hydrogen) atoms. The van der Waals surface area contributed by atoms with Gasteiger partial charge in [0.2, 0.25) is 0 Å². The van der Waals surface area contributed by atoms with Crippen molar-refractivity contribution in [1.29, 1.82) is 0 Å². The topological polar surface area (TPSA) is 75.6 Å². The minimum absolute atomic E-state index is 0.356. The smallest absolute Gasteiger partial charge is 0.282 e.